The number of nitrogens with one attached hydrogen (secondary N) is 2. The number of fused-ring (bicyclic) bond motifs is 2. The Morgan fingerprint density at radius 2 is 2.16 bits per heavy atom. The van der Waals surface area contributed by atoms with E-state index in [1.54, 1.807) is 0 Å². The molecule has 2 atom stereocenters. The summed E-state index contributed by atoms with van der Waals surface area (Å²) in [4.78, 5) is 24.6. The van der Waals surface area contributed by atoms with Gasteiger partial charge in [0.25, 0.3) is 0 Å². The van der Waals surface area contributed by atoms with Crippen LogP contribution in [-0.4, -0.2) is 22.1 Å². The van der Waals surface area contributed by atoms with Crippen molar-refractivity contribution in [1.82, 2.24) is 10.2 Å². The van der Waals surface area contributed by atoms with Crippen LogP contribution in [0.15, 0.2) is 30.3 Å². The summed E-state index contributed by atoms with van der Waals surface area (Å²) in [5, 5.41) is 9.98. The van der Waals surface area contributed by atoms with Crippen LogP contribution in [0.4, 0.5) is 5.82 Å². The van der Waals surface area contributed by atoms with E-state index in [1.807, 2.05) is 37.3 Å². The molecule has 1 amide bonds. The van der Waals surface area contributed by atoms with Crippen molar-refractivity contribution in [3.63, 3.8) is 0 Å². The van der Waals surface area contributed by atoms with Gasteiger partial charge in [0, 0.05) is 23.1 Å². The highest BCUT2D eigenvalue weighted by atomic mass is 16.5. The number of ether oxygens (including phenoxy) is 1. The number of aryl methyl sites for hydroxylation is 1. The van der Waals surface area contributed by atoms with Crippen LogP contribution < -0.4 is 5.32 Å². The van der Waals surface area contributed by atoms with E-state index < -0.39 is 0 Å². The molecule has 0 radical (unpaired) electrons. The van der Waals surface area contributed by atoms with Crippen LogP contribution in [0.25, 0.3) is 0 Å². The van der Waals surface area contributed by atoms with Crippen molar-refractivity contribution < 1.29 is 14.3 Å². The van der Waals surface area contributed by atoms with E-state index >= 15 is 0 Å². The van der Waals surface area contributed by atoms with E-state index in [9.17, 15) is 9.59 Å². The van der Waals surface area contributed by atoms with Gasteiger partial charge in [-0.15, -0.1) is 0 Å². The molecule has 1 aliphatic carbocycles. The third-order valence-electron chi connectivity index (χ3n) is 5.40. The molecule has 0 saturated heterocycles. The fourth-order valence-corrected chi connectivity index (χ4v) is 4.30. The summed E-state index contributed by atoms with van der Waals surface area (Å²) in [6.45, 7) is 2.26. The molecule has 2 N–H and O–H groups in total. The van der Waals surface area contributed by atoms with Gasteiger partial charge in [-0.25, -0.2) is 0 Å². The Hall–Kier alpha value is -2.63. The summed E-state index contributed by atoms with van der Waals surface area (Å²) in [6.07, 6.45) is 2.59. The van der Waals surface area contributed by atoms with Crippen LogP contribution in [0.5, 0.6) is 0 Å². The fourth-order valence-electron chi connectivity index (χ4n) is 4.30. The lowest BCUT2D eigenvalue weighted by atomic mass is 9.73. The van der Waals surface area contributed by atoms with Crippen LogP contribution in [0.3, 0.4) is 0 Å². The van der Waals surface area contributed by atoms with E-state index in [2.05, 4.69) is 15.5 Å². The summed E-state index contributed by atoms with van der Waals surface area (Å²) in [5.74, 6) is 0.246. The maximum Gasteiger partial charge on any atom is 0.309 e. The number of hydrogen-bond donors (Lipinski definition) is 2. The minimum absolute atomic E-state index is 0.0303. The minimum atomic E-state index is -0.300. The summed E-state index contributed by atoms with van der Waals surface area (Å²) < 4.78 is 5.51. The van der Waals surface area contributed by atoms with Crippen molar-refractivity contribution in [1.29, 1.82) is 0 Å². The maximum atomic E-state index is 12.5. The number of nitrogens with zero attached hydrogens (tertiary/aromatic N) is 1. The second kappa shape index (κ2) is 6.02. The molecular formula is C19H21N3O3. The van der Waals surface area contributed by atoms with E-state index in [0.29, 0.717) is 25.3 Å². The molecule has 6 nitrogen and oxygen atoms in total. The van der Waals surface area contributed by atoms with Gasteiger partial charge in [-0.05, 0) is 31.7 Å². The Morgan fingerprint density at radius 1 is 1.36 bits per heavy atom. The Morgan fingerprint density at radius 3 is 2.96 bits per heavy atom. The summed E-state index contributed by atoms with van der Waals surface area (Å²) in [7, 11) is 0. The van der Waals surface area contributed by atoms with Gasteiger partial charge >= 0.3 is 5.97 Å². The summed E-state index contributed by atoms with van der Waals surface area (Å²) in [5.41, 5.74) is 2.71. The zero-order chi connectivity index (χ0) is 17.4. The Bertz CT molecular complexity index is 815. The molecule has 0 bridgehead atoms. The molecule has 25 heavy (non-hydrogen) atoms. The van der Waals surface area contributed by atoms with Gasteiger partial charge in [0.15, 0.2) is 5.82 Å². The number of carbonyl (C=O) groups is 2. The van der Waals surface area contributed by atoms with Crippen LogP contribution in [0, 0.1) is 12.8 Å². The molecular weight excluding hydrogens is 318 g/mol. The normalized spacial score (nSPS) is 24.8. The number of benzene rings is 1. The largest absolute Gasteiger partial charge is 0.461 e. The Labute approximate surface area is 146 Å². The lowest BCUT2D eigenvalue weighted by Crippen LogP contribution is -2.36. The fraction of sp³-hybridized carbons (Fsp3) is 0.421. The SMILES string of the molecule is Cc1[nH]nc2c1C1(CCC(C(=O)OCc3ccccc3)C1)CC(=O)N2. The topological polar surface area (TPSA) is 84.1 Å². The Kier molecular flexibility index (Phi) is 3.82. The summed E-state index contributed by atoms with van der Waals surface area (Å²) >= 11 is 0. The molecule has 2 aromatic rings. The second-order valence-corrected chi connectivity index (χ2v) is 7.11. The number of anilines is 1. The molecule has 1 aromatic heterocycles. The lowest BCUT2D eigenvalue weighted by molar-refractivity contribution is -0.150. The number of H-pyrrole nitrogens is 1. The number of esters is 1. The Balaban J connectivity index is 1.48. The molecule has 2 heterocycles. The zero-order valence-electron chi connectivity index (χ0n) is 14.2. The van der Waals surface area contributed by atoms with Crippen molar-refractivity contribution in [2.24, 2.45) is 5.92 Å². The van der Waals surface area contributed by atoms with Crippen LogP contribution in [0.1, 0.15) is 42.5 Å². The number of amides is 1. The molecule has 1 aliphatic heterocycles. The monoisotopic (exact) mass is 339 g/mol. The smallest absolute Gasteiger partial charge is 0.309 e. The number of aromatic amines is 1. The molecule has 1 saturated carbocycles. The highest BCUT2D eigenvalue weighted by Crippen LogP contribution is 2.51. The first kappa shape index (κ1) is 15.9. The van der Waals surface area contributed by atoms with Gasteiger partial charge in [0.1, 0.15) is 6.61 Å². The molecule has 2 unspecified atom stereocenters. The molecule has 130 valence electrons. The highest BCUT2D eigenvalue weighted by molar-refractivity contribution is 5.95. The quantitative estimate of drug-likeness (QED) is 0.842. The van der Waals surface area contributed by atoms with E-state index in [-0.39, 0.29) is 23.2 Å². The van der Waals surface area contributed by atoms with Crippen molar-refractivity contribution in [2.75, 3.05) is 5.32 Å². The lowest BCUT2D eigenvalue weighted by Gasteiger charge is -2.33. The number of carbonyl (C=O) groups excluding carboxylic acids is 2. The number of rotatable bonds is 3. The van der Waals surface area contributed by atoms with Crippen molar-refractivity contribution >= 4 is 17.7 Å². The van der Waals surface area contributed by atoms with Crippen molar-refractivity contribution in [3.05, 3.63) is 47.2 Å². The van der Waals surface area contributed by atoms with Gasteiger partial charge in [-0.2, -0.15) is 5.10 Å². The summed E-state index contributed by atoms with van der Waals surface area (Å²) in [6, 6.07) is 9.67. The predicted octanol–water partition coefficient (Wildman–Crippen LogP) is 2.84. The van der Waals surface area contributed by atoms with Gasteiger partial charge in [0.2, 0.25) is 5.91 Å². The van der Waals surface area contributed by atoms with E-state index in [1.165, 1.54) is 0 Å². The molecule has 2 aliphatic rings. The standard InChI is InChI=1S/C19H21N3O3/c1-12-16-17(22-21-12)20-15(23)10-19(16)8-7-14(9-19)18(24)25-11-13-5-3-2-4-6-13/h2-6,14H,7-11H2,1H3,(H2,20,21,22,23). The number of hydrogen-bond acceptors (Lipinski definition) is 4. The third kappa shape index (κ3) is 2.81. The van der Waals surface area contributed by atoms with Gasteiger partial charge in [-0.3, -0.25) is 14.7 Å². The van der Waals surface area contributed by atoms with Crippen molar-refractivity contribution in [2.45, 2.75) is 44.6 Å². The minimum Gasteiger partial charge on any atom is -0.461 e. The van der Waals surface area contributed by atoms with Crippen LogP contribution in [0.2, 0.25) is 0 Å². The molecule has 1 aromatic carbocycles. The van der Waals surface area contributed by atoms with Gasteiger partial charge < -0.3 is 10.1 Å². The predicted molar refractivity (Wildman–Crippen MR) is 91.8 cm³/mol. The average Bonchev–Trinajstić information content (AvgIpc) is 3.18. The number of aromatic nitrogens is 2. The van der Waals surface area contributed by atoms with Crippen LogP contribution >= 0.6 is 0 Å². The van der Waals surface area contributed by atoms with Gasteiger partial charge in [-0.1, -0.05) is 30.3 Å². The third-order valence-corrected chi connectivity index (χ3v) is 5.40. The zero-order valence-corrected chi connectivity index (χ0v) is 14.2. The van der Waals surface area contributed by atoms with E-state index in [0.717, 1.165) is 29.7 Å². The molecule has 6 heteroatoms. The van der Waals surface area contributed by atoms with Crippen LogP contribution in [-0.2, 0) is 26.3 Å². The first-order valence-corrected chi connectivity index (χ1v) is 8.63. The molecule has 1 fully saturated rings. The second-order valence-electron chi connectivity index (χ2n) is 7.11. The molecule has 1 spiro atoms. The average molecular weight is 339 g/mol. The first-order chi connectivity index (χ1) is 12.1. The van der Waals surface area contributed by atoms with Crippen molar-refractivity contribution in [3.8, 4) is 0 Å². The van der Waals surface area contributed by atoms with Gasteiger partial charge in [0.05, 0.1) is 5.92 Å². The highest BCUT2D eigenvalue weighted by Gasteiger charge is 2.49. The molecule has 4 rings (SSSR count). The first-order valence-electron chi connectivity index (χ1n) is 8.63. The van der Waals surface area contributed by atoms with E-state index in [4.69, 9.17) is 4.74 Å². The maximum absolute atomic E-state index is 12.5.